The molecule has 1 heterocycles. The number of hydrogen-bond donors (Lipinski definition) is 0. The van der Waals surface area contributed by atoms with E-state index in [2.05, 4.69) is 4.98 Å². The Morgan fingerprint density at radius 1 is 1.23 bits per heavy atom. The lowest BCUT2D eigenvalue weighted by atomic mass is 10.1. The second-order valence-corrected chi connectivity index (χ2v) is 6.61. The highest BCUT2D eigenvalue weighted by Crippen LogP contribution is 2.19. The first-order chi connectivity index (χ1) is 12.4. The van der Waals surface area contributed by atoms with Gasteiger partial charge in [0, 0.05) is 30.7 Å². The van der Waals surface area contributed by atoms with Crippen molar-refractivity contribution in [1.29, 1.82) is 0 Å². The molecule has 6 heteroatoms. The summed E-state index contributed by atoms with van der Waals surface area (Å²) in [5.41, 5.74) is 3.11. The number of aromatic nitrogens is 2. The summed E-state index contributed by atoms with van der Waals surface area (Å²) < 4.78 is 1.67. The van der Waals surface area contributed by atoms with Crippen LogP contribution in [0.5, 0.6) is 0 Å². The van der Waals surface area contributed by atoms with E-state index >= 15 is 0 Å². The summed E-state index contributed by atoms with van der Waals surface area (Å²) in [6, 6.07) is 12.7. The molecule has 0 aliphatic heterocycles. The Morgan fingerprint density at radius 2 is 1.96 bits per heavy atom. The van der Waals surface area contributed by atoms with Crippen molar-refractivity contribution in [3.8, 4) is 0 Å². The molecule has 0 saturated heterocycles. The second kappa shape index (κ2) is 7.30. The quantitative estimate of drug-likeness (QED) is 0.705. The van der Waals surface area contributed by atoms with Gasteiger partial charge in [0.25, 0.3) is 11.5 Å². The zero-order valence-electron chi connectivity index (χ0n) is 15.0. The van der Waals surface area contributed by atoms with Crippen LogP contribution >= 0.6 is 11.6 Å². The van der Waals surface area contributed by atoms with Crippen LogP contribution in [0.15, 0.2) is 47.3 Å². The zero-order valence-corrected chi connectivity index (χ0v) is 15.7. The predicted molar refractivity (Wildman–Crippen MR) is 104 cm³/mol. The molecule has 0 N–H and O–H groups in total. The Kier molecular flexibility index (Phi) is 5.09. The summed E-state index contributed by atoms with van der Waals surface area (Å²) in [4.78, 5) is 31.0. The van der Waals surface area contributed by atoms with E-state index < -0.39 is 0 Å². The van der Waals surface area contributed by atoms with Gasteiger partial charge in [0.15, 0.2) is 0 Å². The van der Waals surface area contributed by atoms with E-state index in [9.17, 15) is 9.59 Å². The molecular formula is C20H20ClN3O2. The Labute approximate surface area is 156 Å². The van der Waals surface area contributed by atoms with Crippen LogP contribution in [0.25, 0.3) is 11.0 Å². The first-order valence-electron chi connectivity index (χ1n) is 8.42. The van der Waals surface area contributed by atoms with Crippen molar-refractivity contribution in [3.63, 3.8) is 0 Å². The molecule has 0 fully saturated rings. The van der Waals surface area contributed by atoms with Gasteiger partial charge in [-0.15, -0.1) is 0 Å². The van der Waals surface area contributed by atoms with Gasteiger partial charge in [0.05, 0.1) is 11.0 Å². The van der Waals surface area contributed by atoms with Gasteiger partial charge in [0.2, 0.25) is 0 Å². The number of fused-ring (bicyclic) bond motifs is 1. The lowest BCUT2D eigenvalue weighted by Gasteiger charge is -2.18. The van der Waals surface area contributed by atoms with Crippen LogP contribution in [0.2, 0.25) is 5.02 Å². The molecule has 0 saturated carbocycles. The molecule has 26 heavy (non-hydrogen) atoms. The van der Waals surface area contributed by atoms with E-state index in [4.69, 9.17) is 11.6 Å². The third-order valence-electron chi connectivity index (χ3n) is 4.38. The van der Waals surface area contributed by atoms with E-state index in [-0.39, 0.29) is 11.5 Å². The molecule has 1 amide bonds. The van der Waals surface area contributed by atoms with Gasteiger partial charge in [-0.3, -0.25) is 9.59 Å². The van der Waals surface area contributed by atoms with E-state index in [1.807, 2.05) is 31.2 Å². The van der Waals surface area contributed by atoms with E-state index in [1.165, 1.54) is 0 Å². The zero-order chi connectivity index (χ0) is 18.8. The van der Waals surface area contributed by atoms with E-state index in [1.54, 1.807) is 41.6 Å². The van der Waals surface area contributed by atoms with Crippen molar-refractivity contribution in [2.75, 3.05) is 7.05 Å². The first kappa shape index (κ1) is 18.1. The van der Waals surface area contributed by atoms with E-state index in [0.717, 1.165) is 11.1 Å². The fourth-order valence-corrected chi connectivity index (χ4v) is 3.19. The Hall–Kier alpha value is -2.66. The highest BCUT2D eigenvalue weighted by atomic mass is 35.5. The van der Waals surface area contributed by atoms with Crippen LogP contribution in [0, 0.1) is 6.92 Å². The van der Waals surface area contributed by atoms with Crippen molar-refractivity contribution in [2.24, 2.45) is 0 Å². The minimum absolute atomic E-state index is 0.102. The molecule has 0 unspecified atom stereocenters. The normalized spacial score (nSPS) is 10.9. The molecule has 0 aliphatic carbocycles. The molecule has 3 aromatic rings. The van der Waals surface area contributed by atoms with Crippen LogP contribution in [0.4, 0.5) is 0 Å². The monoisotopic (exact) mass is 369 g/mol. The summed E-state index contributed by atoms with van der Waals surface area (Å²) in [6.07, 6.45) is 0. The molecule has 0 spiro atoms. The predicted octanol–water partition coefficient (Wildman–Crippen LogP) is 3.65. The molecule has 1 aromatic heterocycles. The highest BCUT2D eigenvalue weighted by Gasteiger charge is 2.15. The van der Waals surface area contributed by atoms with Gasteiger partial charge >= 0.3 is 0 Å². The van der Waals surface area contributed by atoms with Gasteiger partial charge in [-0.25, -0.2) is 4.98 Å². The third kappa shape index (κ3) is 3.35. The Morgan fingerprint density at radius 3 is 2.65 bits per heavy atom. The molecule has 0 bridgehead atoms. The van der Waals surface area contributed by atoms with Crippen molar-refractivity contribution >= 4 is 28.5 Å². The molecule has 0 aliphatic rings. The summed E-state index contributed by atoms with van der Waals surface area (Å²) in [5, 5.41) is 0.634. The summed E-state index contributed by atoms with van der Waals surface area (Å²) in [6.45, 7) is 4.57. The molecule has 3 rings (SSSR count). The van der Waals surface area contributed by atoms with Crippen molar-refractivity contribution in [3.05, 3.63) is 74.7 Å². The average molecular weight is 370 g/mol. The van der Waals surface area contributed by atoms with Gasteiger partial charge in [-0.1, -0.05) is 29.8 Å². The number of hydrogen-bond acceptors (Lipinski definition) is 3. The van der Waals surface area contributed by atoms with Crippen LogP contribution in [-0.2, 0) is 13.1 Å². The van der Waals surface area contributed by atoms with E-state index in [0.29, 0.717) is 34.9 Å². The van der Waals surface area contributed by atoms with Crippen LogP contribution in [0.3, 0.4) is 0 Å². The summed E-state index contributed by atoms with van der Waals surface area (Å²) >= 11 is 6.18. The second-order valence-electron chi connectivity index (χ2n) is 6.20. The summed E-state index contributed by atoms with van der Waals surface area (Å²) in [7, 11) is 1.74. The Bertz CT molecular complexity index is 1040. The van der Waals surface area contributed by atoms with Gasteiger partial charge in [0.1, 0.15) is 5.69 Å². The van der Waals surface area contributed by atoms with Gasteiger partial charge < -0.3 is 9.47 Å². The number of amides is 1. The third-order valence-corrected chi connectivity index (χ3v) is 4.75. The van der Waals surface area contributed by atoms with Crippen molar-refractivity contribution in [1.82, 2.24) is 14.5 Å². The largest absolute Gasteiger partial charge is 0.337 e. The number of aryl methyl sites for hydroxylation is 2. The molecule has 134 valence electrons. The lowest BCUT2D eigenvalue weighted by molar-refractivity contribution is 0.0785. The molecule has 0 atom stereocenters. The Balaban J connectivity index is 1.95. The fraction of sp³-hybridized carbons (Fsp3) is 0.250. The SMILES string of the molecule is CCn1c(=O)c(C)nc2cc(C(=O)N(C)Cc3ccccc3Cl)ccc21. The smallest absolute Gasteiger partial charge is 0.272 e. The number of halogens is 1. The maximum absolute atomic E-state index is 12.8. The molecule has 0 radical (unpaired) electrons. The maximum atomic E-state index is 12.8. The fourth-order valence-electron chi connectivity index (χ4n) is 3.00. The standard InChI is InChI=1S/C20H20ClN3O2/c1-4-24-18-10-9-14(11-17(18)22-13(2)19(24)25)20(26)23(3)12-15-7-5-6-8-16(15)21/h5-11H,4,12H2,1-3H3. The van der Waals surface area contributed by atoms with Crippen molar-refractivity contribution < 1.29 is 4.79 Å². The first-order valence-corrected chi connectivity index (χ1v) is 8.80. The van der Waals surface area contributed by atoms with Gasteiger partial charge in [-0.2, -0.15) is 0 Å². The van der Waals surface area contributed by atoms with Crippen LogP contribution < -0.4 is 5.56 Å². The number of benzene rings is 2. The number of rotatable bonds is 4. The van der Waals surface area contributed by atoms with Crippen LogP contribution in [0.1, 0.15) is 28.5 Å². The topological polar surface area (TPSA) is 55.2 Å². The average Bonchev–Trinajstić information content (AvgIpc) is 2.63. The summed E-state index contributed by atoms with van der Waals surface area (Å²) in [5.74, 6) is -0.125. The molecule has 2 aromatic carbocycles. The molecular weight excluding hydrogens is 350 g/mol. The minimum atomic E-state index is -0.125. The molecule has 5 nitrogen and oxygen atoms in total. The maximum Gasteiger partial charge on any atom is 0.272 e. The lowest BCUT2D eigenvalue weighted by Crippen LogP contribution is -2.27. The van der Waals surface area contributed by atoms with Crippen molar-refractivity contribution in [2.45, 2.75) is 26.9 Å². The van der Waals surface area contributed by atoms with Gasteiger partial charge in [-0.05, 0) is 43.7 Å². The van der Waals surface area contributed by atoms with Crippen LogP contribution in [-0.4, -0.2) is 27.4 Å². The number of carbonyl (C=O) groups excluding carboxylic acids is 1. The number of nitrogens with zero attached hydrogens (tertiary/aromatic N) is 3. The number of carbonyl (C=O) groups is 1. The minimum Gasteiger partial charge on any atom is -0.337 e. The highest BCUT2D eigenvalue weighted by molar-refractivity contribution is 6.31.